The largest absolute Gasteiger partial charge is 0.262 e. The average molecular weight is 314 g/mol. The van der Waals surface area contributed by atoms with Gasteiger partial charge in [-0.2, -0.15) is 0 Å². The molecule has 6 heteroatoms. The third-order valence-corrected chi connectivity index (χ3v) is 5.19. The molecule has 3 aromatic rings. The molecular formula is C15H14N4S2. The summed E-state index contributed by atoms with van der Waals surface area (Å²) in [6, 6.07) is 10.3. The fourth-order valence-corrected chi connectivity index (χ4v) is 3.72. The number of rotatable bonds is 5. The van der Waals surface area contributed by atoms with E-state index in [0.717, 1.165) is 27.4 Å². The fourth-order valence-electron chi connectivity index (χ4n) is 2.09. The molecule has 106 valence electrons. The molecule has 1 fully saturated rings. The molecule has 0 saturated heterocycles. The summed E-state index contributed by atoms with van der Waals surface area (Å²) >= 11 is 3.32. The van der Waals surface area contributed by atoms with E-state index >= 15 is 0 Å². The van der Waals surface area contributed by atoms with Crippen molar-refractivity contribution >= 4 is 23.1 Å². The molecule has 0 aliphatic heterocycles. The van der Waals surface area contributed by atoms with Gasteiger partial charge in [-0.1, -0.05) is 42.1 Å². The van der Waals surface area contributed by atoms with Gasteiger partial charge in [0.1, 0.15) is 10.8 Å². The van der Waals surface area contributed by atoms with Gasteiger partial charge in [-0.3, -0.25) is 5.10 Å². The van der Waals surface area contributed by atoms with Crippen LogP contribution in [0.4, 0.5) is 0 Å². The van der Waals surface area contributed by atoms with Gasteiger partial charge in [-0.15, -0.1) is 16.4 Å². The van der Waals surface area contributed by atoms with Crippen LogP contribution in [0.1, 0.15) is 30.3 Å². The highest BCUT2D eigenvalue weighted by Crippen LogP contribution is 2.38. The van der Waals surface area contributed by atoms with Crippen LogP contribution < -0.4 is 0 Å². The van der Waals surface area contributed by atoms with Gasteiger partial charge in [0.25, 0.3) is 0 Å². The standard InChI is InChI=1S/C15H14N4S2/c1-2-4-11(5-3-1)14-16-12(8-20-14)9-21-15-17-13(18-19-15)10-6-7-10/h1-5,8,10H,6-7,9H2,(H,17,18,19). The summed E-state index contributed by atoms with van der Waals surface area (Å²) in [7, 11) is 0. The SMILES string of the molecule is c1ccc(-c2nc(CSc3n[nH]c(C4CC4)n3)cs2)cc1. The Kier molecular flexibility index (Phi) is 3.48. The number of nitrogens with one attached hydrogen (secondary N) is 1. The van der Waals surface area contributed by atoms with Gasteiger partial charge < -0.3 is 0 Å². The molecule has 0 amide bonds. The zero-order valence-electron chi connectivity index (χ0n) is 11.3. The predicted molar refractivity (Wildman–Crippen MR) is 85.5 cm³/mol. The van der Waals surface area contributed by atoms with Crippen LogP contribution in [0.3, 0.4) is 0 Å². The van der Waals surface area contributed by atoms with E-state index in [9.17, 15) is 0 Å². The van der Waals surface area contributed by atoms with Crippen LogP contribution in [0.5, 0.6) is 0 Å². The van der Waals surface area contributed by atoms with E-state index in [1.165, 1.54) is 18.4 Å². The molecule has 4 nitrogen and oxygen atoms in total. The summed E-state index contributed by atoms with van der Waals surface area (Å²) in [5.41, 5.74) is 2.26. The first-order valence-corrected chi connectivity index (χ1v) is 8.80. The number of thioether (sulfide) groups is 1. The number of hydrogen-bond donors (Lipinski definition) is 1. The van der Waals surface area contributed by atoms with Crippen molar-refractivity contribution in [1.29, 1.82) is 0 Å². The molecule has 0 bridgehead atoms. The van der Waals surface area contributed by atoms with Gasteiger partial charge in [0.15, 0.2) is 0 Å². The molecule has 1 aromatic carbocycles. The highest BCUT2D eigenvalue weighted by Gasteiger charge is 2.27. The molecule has 2 aromatic heterocycles. The molecule has 4 rings (SSSR count). The van der Waals surface area contributed by atoms with Crippen molar-refractivity contribution in [2.45, 2.75) is 29.7 Å². The smallest absolute Gasteiger partial charge is 0.208 e. The molecule has 2 heterocycles. The molecular weight excluding hydrogens is 300 g/mol. The predicted octanol–water partition coefficient (Wildman–Crippen LogP) is 4.10. The van der Waals surface area contributed by atoms with Crippen molar-refractivity contribution in [3.8, 4) is 10.6 Å². The summed E-state index contributed by atoms with van der Waals surface area (Å²) in [6.07, 6.45) is 2.48. The Morgan fingerprint density at radius 3 is 2.86 bits per heavy atom. The molecule has 0 unspecified atom stereocenters. The Bertz CT molecular complexity index is 731. The van der Waals surface area contributed by atoms with Crippen LogP contribution in [0, 0.1) is 0 Å². The maximum Gasteiger partial charge on any atom is 0.208 e. The topological polar surface area (TPSA) is 54.5 Å². The minimum Gasteiger partial charge on any atom is -0.262 e. The normalized spacial score (nSPS) is 14.5. The molecule has 21 heavy (non-hydrogen) atoms. The molecule has 1 N–H and O–H groups in total. The number of benzene rings is 1. The Morgan fingerprint density at radius 2 is 2.05 bits per heavy atom. The number of hydrogen-bond acceptors (Lipinski definition) is 5. The summed E-state index contributed by atoms with van der Waals surface area (Å²) in [6.45, 7) is 0. The van der Waals surface area contributed by atoms with E-state index in [-0.39, 0.29) is 0 Å². The van der Waals surface area contributed by atoms with Gasteiger partial charge >= 0.3 is 0 Å². The van der Waals surface area contributed by atoms with Gasteiger partial charge in [0, 0.05) is 22.6 Å². The van der Waals surface area contributed by atoms with E-state index in [4.69, 9.17) is 0 Å². The molecule has 1 saturated carbocycles. The van der Waals surface area contributed by atoms with Gasteiger partial charge in [-0.25, -0.2) is 9.97 Å². The molecule has 1 aliphatic rings. The highest BCUT2D eigenvalue weighted by molar-refractivity contribution is 7.98. The van der Waals surface area contributed by atoms with Crippen molar-refractivity contribution in [2.75, 3.05) is 0 Å². The average Bonchev–Trinajstić information content (AvgIpc) is 3.09. The van der Waals surface area contributed by atoms with Crippen molar-refractivity contribution in [1.82, 2.24) is 20.2 Å². The number of nitrogens with zero attached hydrogens (tertiary/aromatic N) is 3. The van der Waals surface area contributed by atoms with E-state index in [1.807, 2.05) is 18.2 Å². The first-order valence-electron chi connectivity index (χ1n) is 6.93. The second kappa shape index (κ2) is 5.61. The maximum absolute atomic E-state index is 4.68. The minimum atomic E-state index is 0.621. The van der Waals surface area contributed by atoms with Crippen LogP contribution in [-0.4, -0.2) is 20.2 Å². The van der Waals surface area contributed by atoms with Crippen molar-refractivity contribution in [2.24, 2.45) is 0 Å². The third-order valence-electron chi connectivity index (χ3n) is 3.37. The fraction of sp³-hybridized carbons (Fsp3) is 0.267. The first-order chi connectivity index (χ1) is 10.4. The van der Waals surface area contributed by atoms with E-state index in [2.05, 4.69) is 37.7 Å². The lowest BCUT2D eigenvalue weighted by Gasteiger charge is -1.94. The number of aromatic amines is 1. The Labute approximate surface area is 131 Å². The van der Waals surface area contributed by atoms with E-state index < -0.39 is 0 Å². The van der Waals surface area contributed by atoms with E-state index in [1.54, 1.807) is 23.1 Å². The Morgan fingerprint density at radius 1 is 1.19 bits per heavy atom. The quantitative estimate of drug-likeness (QED) is 0.720. The van der Waals surface area contributed by atoms with Crippen LogP contribution >= 0.6 is 23.1 Å². The van der Waals surface area contributed by atoms with E-state index in [0.29, 0.717) is 5.92 Å². The highest BCUT2D eigenvalue weighted by atomic mass is 32.2. The number of thiazole rings is 1. The summed E-state index contributed by atoms with van der Waals surface area (Å²) < 4.78 is 0. The molecule has 0 radical (unpaired) electrons. The van der Waals surface area contributed by atoms with Crippen molar-refractivity contribution < 1.29 is 0 Å². The Hall–Kier alpha value is -1.66. The van der Waals surface area contributed by atoms with Crippen molar-refractivity contribution in [3.05, 3.63) is 47.2 Å². The number of H-pyrrole nitrogens is 1. The lowest BCUT2D eigenvalue weighted by Crippen LogP contribution is -1.84. The zero-order chi connectivity index (χ0) is 14.1. The van der Waals surface area contributed by atoms with Crippen LogP contribution in [0.2, 0.25) is 0 Å². The second-order valence-corrected chi connectivity index (χ2v) is 6.88. The molecule has 0 spiro atoms. The number of aromatic nitrogens is 4. The first kappa shape index (κ1) is 13.0. The third kappa shape index (κ3) is 3.01. The summed E-state index contributed by atoms with van der Waals surface area (Å²) in [5.74, 6) is 2.47. The Balaban J connectivity index is 1.41. The van der Waals surface area contributed by atoms with Crippen LogP contribution in [-0.2, 0) is 5.75 Å². The van der Waals surface area contributed by atoms with Crippen LogP contribution in [0.25, 0.3) is 10.6 Å². The maximum atomic E-state index is 4.68. The lowest BCUT2D eigenvalue weighted by molar-refractivity contribution is 0.932. The lowest BCUT2D eigenvalue weighted by atomic mass is 10.2. The monoisotopic (exact) mass is 314 g/mol. The summed E-state index contributed by atoms with van der Waals surface area (Å²) in [4.78, 5) is 9.21. The van der Waals surface area contributed by atoms with Crippen molar-refractivity contribution in [3.63, 3.8) is 0 Å². The van der Waals surface area contributed by atoms with Gasteiger partial charge in [0.05, 0.1) is 5.69 Å². The molecule has 0 atom stereocenters. The zero-order valence-corrected chi connectivity index (χ0v) is 13.0. The van der Waals surface area contributed by atoms with Crippen LogP contribution in [0.15, 0.2) is 40.9 Å². The minimum absolute atomic E-state index is 0.621. The molecule has 1 aliphatic carbocycles. The second-order valence-electron chi connectivity index (χ2n) is 5.08. The van der Waals surface area contributed by atoms with Gasteiger partial charge in [-0.05, 0) is 12.8 Å². The van der Waals surface area contributed by atoms with Gasteiger partial charge in [0.2, 0.25) is 5.16 Å². The summed E-state index contributed by atoms with van der Waals surface area (Å²) in [5, 5.41) is 11.3.